The summed E-state index contributed by atoms with van der Waals surface area (Å²) in [6.45, 7) is 11.1. The zero-order chi connectivity index (χ0) is 15.8. The fourth-order valence-electron chi connectivity index (χ4n) is 2.10. The van der Waals surface area contributed by atoms with Crippen molar-refractivity contribution in [3.05, 3.63) is 35.9 Å². The van der Waals surface area contributed by atoms with Crippen LogP contribution >= 0.6 is 11.6 Å². The van der Waals surface area contributed by atoms with E-state index < -0.39 is 13.7 Å². The van der Waals surface area contributed by atoms with Crippen molar-refractivity contribution < 1.29 is 9.22 Å². The number of hydrogen-bond acceptors (Lipinski definition) is 2. The number of nitrogens with one attached hydrogen (secondary N) is 1. The molecule has 1 amide bonds. The summed E-state index contributed by atoms with van der Waals surface area (Å²) in [7, 11) is -1.96. The van der Waals surface area contributed by atoms with Crippen molar-refractivity contribution in [1.29, 1.82) is 0 Å². The summed E-state index contributed by atoms with van der Waals surface area (Å²) in [6, 6.07) is 9.86. The van der Waals surface area contributed by atoms with Gasteiger partial charge >= 0.3 is 0 Å². The first-order valence-electron chi connectivity index (χ1n) is 7.31. The fraction of sp³-hybridized carbons (Fsp3) is 0.562. The third-order valence-corrected chi connectivity index (χ3v) is 9.48. The molecule has 1 aromatic rings. The number of hydrogen-bond donors (Lipinski definition) is 1. The Kier molecular flexibility index (Phi) is 4.52. The van der Waals surface area contributed by atoms with Gasteiger partial charge in [0.05, 0.1) is 12.1 Å². The van der Waals surface area contributed by atoms with E-state index in [1.165, 1.54) is 0 Å². The lowest BCUT2D eigenvalue weighted by molar-refractivity contribution is -0.130. The highest BCUT2D eigenvalue weighted by atomic mass is 35.5. The molecular formula is C16H24ClNO2Si. The number of β-lactam (4-membered cyclic amide) rings is 1. The number of halogens is 1. The molecule has 116 valence electrons. The molecule has 1 saturated heterocycles. The van der Waals surface area contributed by atoms with E-state index in [9.17, 15) is 4.79 Å². The van der Waals surface area contributed by atoms with Crippen LogP contribution in [0.25, 0.3) is 0 Å². The maximum atomic E-state index is 11.5. The highest BCUT2D eigenvalue weighted by molar-refractivity contribution is 6.74. The first kappa shape index (κ1) is 16.5. The highest BCUT2D eigenvalue weighted by Gasteiger charge is 2.48. The first-order valence-corrected chi connectivity index (χ1v) is 10.7. The molecule has 0 unspecified atom stereocenters. The van der Waals surface area contributed by atoms with Crippen molar-refractivity contribution in [1.82, 2.24) is 5.32 Å². The lowest BCUT2D eigenvalue weighted by Crippen LogP contribution is -2.63. The number of amides is 1. The predicted octanol–water partition coefficient (Wildman–Crippen LogP) is 3.86. The molecule has 0 radical (unpaired) electrons. The van der Waals surface area contributed by atoms with Crippen molar-refractivity contribution >= 4 is 25.8 Å². The molecule has 0 saturated carbocycles. The maximum absolute atomic E-state index is 11.5. The number of rotatable bonds is 4. The Morgan fingerprint density at radius 3 is 2.24 bits per heavy atom. The van der Waals surface area contributed by atoms with Gasteiger partial charge in [-0.3, -0.25) is 4.79 Å². The van der Waals surface area contributed by atoms with E-state index in [1.807, 2.05) is 30.3 Å². The SMILES string of the molecule is CC(C)(C)[Si](C)(C)O[C@@H](c1ccccc1)[C@H]1NC(=O)[C@@H]1Cl. The Bertz CT molecular complexity index is 513. The minimum atomic E-state index is -1.96. The normalized spacial score (nSPS) is 24.2. The summed E-state index contributed by atoms with van der Waals surface area (Å²) in [5.74, 6) is -0.110. The van der Waals surface area contributed by atoms with Crippen LogP contribution in [0.15, 0.2) is 30.3 Å². The molecule has 3 atom stereocenters. The van der Waals surface area contributed by atoms with Gasteiger partial charge in [-0.15, -0.1) is 11.6 Å². The smallest absolute Gasteiger partial charge is 0.240 e. The van der Waals surface area contributed by atoms with Gasteiger partial charge in [0.15, 0.2) is 8.32 Å². The van der Waals surface area contributed by atoms with Gasteiger partial charge in [0.2, 0.25) is 5.91 Å². The van der Waals surface area contributed by atoms with E-state index in [1.54, 1.807) is 0 Å². The summed E-state index contributed by atoms with van der Waals surface area (Å²) >= 11 is 6.18. The fourth-order valence-corrected chi connectivity index (χ4v) is 3.63. The van der Waals surface area contributed by atoms with E-state index in [0.717, 1.165) is 5.56 Å². The largest absolute Gasteiger partial charge is 0.408 e. The first-order chi connectivity index (χ1) is 9.63. The molecule has 0 spiro atoms. The molecule has 1 N–H and O–H groups in total. The molecular weight excluding hydrogens is 302 g/mol. The zero-order valence-electron chi connectivity index (χ0n) is 13.3. The molecule has 0 aliphatic carbocycles. The van der Waals surface area contributed by atoms with Crippen LogP contribution in [0.2, 0.25) is 18.1 Å². The second-order valence-corrected chi connectivity index (χ2v) is 12.4. The molecule has 3 nitrogen and oxygen atoms in total. The molecule has 1 heterocycles. The number of benzene rings is 1. The van der Waals surface area contributed by atoms with Crippen LogP contribution < -0.4 is 5.32 Å². The van der Waals surface area contributed by atoms with Gasteiger partial charge in [0.25, 0.3) is 0 Å². The topological polar surface area (TPSA) is 38.3 Å². The van der Waals surface area contributed by atoms with Gasteiger partial charge in [-0.2, -0.15) is 0 Å². The van der Waals surface area contributed by atoms with Crippen LogP contribution in [0, 0.1) is 0 Å². The van der Waals surface area contributed by atoms with Crippen molar-refractivity contribution in [3.63, 3.8) is 0 Å². The van der Waals surface area contributed by atoms with Gasteiger partial charge in [0.1, 0.15) is 5.38 Å². The second kappa shape index (κ2) is 5.74. The molecule has 1 aromatic carbocycles. The lowest BCUT2D eigenvalue weighted by Gasteiger charge is -2.45. The minimum Gasteiger partial charge on any atom is -0.408 e. The van der Waals surface area contributed by atoms with Crippen LogP contribution in [0.4, 0.5) is 0 Å². The van der Waals surface area contributed by atoms with Crippen LogP contribution in [-0.4, -0.2) is 25.6 Å². The van der Waals surface area contributed by atoms with Crippen LogP contribution in [0.3, 0.4) is 0 Å². The van der Waals surface area contributed by atoms with Crippen LogP contribution in [0.1, 0.15) is 32.4 Å². The Morgan fingerprint density at radius 1 is 1.24 bits per heavy atom. The maximum Gasteiger partial charge on any atom is 0.240 e. The Labute approximate surface area is 133 Å². The summed E-state index contributed by atoms with van der Waals surface area (Å²) in [4.78, 5) is 11.5. The molecule has 1 fully saturated rings. The molecule has 1 aliphatic heterocycles. The van der Waals surface area contributed by atoms with Gasteiger partial charge in [-0.25, -0.2) is 0 Å². The number of carbonyl (C=O) groups is 1. The zero-order valence-corrected chi connectivity index (χ0v) is 15.1. The molecule has 21 heavy (non-hydrogen) atoms. The third-order valence-electron chi connectivity index (χ3n) is 4.56. The van der Waals surface area contributed by atoms with Crippen molar-refractivity contribution in [2.75, 3.05) is 0 Å². The Morgan fingerprint density at radius 2 is 1.81 bits per heavy atom. The molecule has 5 heteroatoms. The molecule has 2 rings (SSSR count). The van der Waals surface area contributed by atoms with Crippen molar-refractivity contribution in [3.8, 4) is 0 Å². The van der Waals surface area contributed by atoms with Crippen molar-refractivity contribution in [2.24, 2.45) is 0 Å². The standard InChI is InChI=1S/C16H24ClNO2Si/c1-16(2,3)21(4,5)20-14(11-9-7-6-8-10-11)13-12(17)15(19)18-13/h6-10,12-14H,1-5H3,(H,18,19)/t12-,13+,14+/m1/s1. The van der Waals surface area contributed by atoms with E-state index >= 15 is 0 Å². The van der Waals surface area contributed by atoms with E-state index in [-0.39, 0.29) is 23.1 Å². The third kappa shape index (κ3) is 3.33. The Hall–Kier alpha value is -0.843. The minimum absolute atomic E-state index is 0.107. The molecule has 1 aliphatic rings. The summed E-state index contributed by atoms with van der Waals surface area (Å²) < 4.78 is 6.55. The summed E-state index contributed by atoms with van der Waals surface area (Å²) in [5, 5.41) is 2.48. The Balaban J connectivity index is 2.28. The summed E-state index contributed by atoms with van der Waals surface area (Å²) in [6.07, 6.45) is -0.188. The van der Waals surface area contributed by atoms with E-state index in [4.69, 9.17) is 16.0 Å². The van der Waals surface area contributed by atoms with Gasteiger partial charge in [-0.1, -0.05) is 51.1 Å². The van der Waals surface area contributed by atoms with Crippen molar-refractivity contribution in [2.45, 2.75) is 56.4 Å². The second-order valence-electron chi connectivity index (χ2n) is 7.15. The van der Waals surface area contributed by atoms with Gasteiger partial charge in [0, 0.05) is 0 Å². The molecule has 0 bridgehead atoms. The van der Waals surface area contributed by atoms with Gasteiger partial charge in [-0.05, 0) is 23.7 Å². The summed E-state index contributed by atoms with van der Waals surface area (Å²) in [5.41, 5.74) is 1.07. The lowest BCUT2D eigenvalue weighted by atomic mass is 9.94. The highest BCUT2D eigenvalue weighted by Crippen LogP contribution is 2.42. The van der Waals surface area contributed by atoms with E-state index in [0.29, 0.717) is 0 Å². The molecule has 0 aromatic heterocycles. The quantitative estimate of drug-likeness (QED) is 0.518. The number of carbonyl (C=O) groups excluding carboxylic acids is 1. The average Bonchev–Trinajstić information content (AvgIpc) is 2.42. The van der Waals surface area contributed by atoms with Crippen LogP contribution in [0.5, 0.6) is 0 Å². The van der Waals surface area contributed by atoms with E-state index in [2.05, 4.69) is 39.2 Å². The average molecular weight is 326 g/mol. The number of alkyl halides is 1. The van der Waals surface area contributed by atoms with Gasteiger partial charge < -0.3 is 9.74 Å². The monoisotopic (exact) mass is 325 g/mol. The van der Waals surface area contributed by atoms with Crippen LogP contribution in [-0.2, 0) is 9.22 Å². The predicted molar refractivity (Wildman–Crippen MR) is 89.0 cm³/mol.